The smallest absolute Gasteiger partial charge is 0.330 e. The van der Waals surface area contributed by atoms with E-state index < -0.39 is 28.2 Å². The topological polar surface area (TPSA) is 121 Å². The highest BCUT2D eigenvalue weighted by Crippen LogP contribution is 2.23. The van der Waals surface area contributed by atoms with Crippen LogP contribution in [0.5, 0.6) is 5.75 Å². The number of carbonyl (C=O) groups excluding carboxylic acids is 2. The molecule has 1 aliphatic heterocycles. The lowest BCUT2D eigenvalue weighted by molar-refractivity contribution is -0.120. The molecule has 2 heterocycles. The van der Waals surface area contributed by atoms with E-state index in [1.54, 1.807) is 56.9 Å². The summed E-state index contributed by atoms with van der Waals surface area (Å²) in [5.74, 6) is 0.235. The van der Waals surface area contributed by atoms with E-state index >= 15 is 0 Å². The average molecular weight is 510 g/mol. The van der Waals surface area contributed by atoms with Gasteiger partial charge >= 0.3 is 16.2 Å². The molecule has 0 bridgehead atoms. The summed E-state index contributed by atoms with van der Waals surface area (Å²) in [6.45, 7) is 0.241. The number of benzene rings is 2. The first-order valence-electron chi connectivity index (χ1n) is 11.2. The first-order valence-corrected chi connectivity index (χ1v) is 12.7. The van der Waals surface area contributed by atoms with E-state index in [1.807, 2.05) is 35.1 Å². The Hall–Kier alpha value is -3.96. The number of carbonyl (C=O) groups is 2. The number of hydrogen-bond donors (Lipinski definition) is 2. The van der Waals surface area contributed by atoms with Gasteiger partial charge in [-0.3, -0.25) is 9.78 Å². The molecule has 1 aromatic heterocycles. The molecular weight excluding hydrogens is 482 g/mol. The third-order valence-corrected chi connectivity index (χ3v) is 7.32. The lowest BCUT2D eigenvalue weighted by atomic mass is 10.0. The number of pyridine rings is 1. The van der Waals surface area contributed by atoms with Crippen LogP contribution in [0.15, 0.2) is 73.1 Å². The standard InChI is InChI=1S/C25H27N5O5S/c1-29(21-8-10-22(35-2)11-9-21)24(31)23(14-18-6-4-3-5-7-18)27-25(32)28-36(33,34)30-16-19-12-13-26-15-20(19)17-30/h3-13,15,23H,14,16-17H2,1-2H3,(H2,27,28,32). The molecule has 188 valence electrons. The highest BCUT2D eigenvalue weighted by atomic mass is 32.2. The van der Waals surface area contributed by atoms with E-state index in [1.165, 1.54) is 4.90 Å². The molecule has 0 spiro atoms. The van der Waals surface area contributed by atoms with Crippen molar-refractivity contribution in [2.45, 2.75) is 25.6 Å². The summed E-state index contributed by atoms with van der Waals surface area (Å²) >= 11 is 0. The summed E-state index contributed by atoms with van der Waals surface area (Å²) in [5.41, 5.74) is 3.01. The average Bonchev–Trinajstić information content (AvgIpc) is 3.33. The van der Waals surface area contributed by atoms with Gasteiger partial charge in [0.15, 0.2) is 0 Å². The van der Waals surface area contributed by atoms with Gasteiger partial charge in [-0.15, -0.1) is 0 Å². The van der Waals surface area contributed by atoms with Crippen molar-refractivity contribution in [3.05, 3.63) is 89.7 Å². The van der Waals surface area contributed by atoms with Crippen molar-refractivity contribution in [3.8, 4) is 5.75 Å². The fourth-order valence-corrected chi connectivity index (χ4v) is 4.98. The molecule has 10 nitrogen and oxygen atoms in total. The molecule has 11 heteroatoms. The molecule has 0 saturated heterocycles. The number of urea groups is 1. The predicted molar refractivity (Wildman–Crippen MR) is 134 cm³/mol. The van der Waals surface area contributed by atoms with Crippen LogP contribution in [0.3, 0.4) is 0 Å². The molecule has 0 saturated carbocycles. The van der Waals surface area contributed by atoms with Crippen LogP contribution < -0.4 is 19.7 Å². The van der Waals surface area contributed by atoms with Gasteiger partial charge in [-0.2, -0.15) is 12.7 Å². The molecule has 1 aliphatic rings. The Morgan fingerprint density at radius 2 is 1.75 bits per heavy atom. The van der Waals surface area contributed by atoms with Crippen LogP contribution >= 0.6 is 0 Å². The van der Waals surface area contributed by atoms with Gasteiger partial charge < -0.3 is 15.0 Å². The molecule has 3 aromatic rings. The zero-order valence-corrected chi connectivity index (χ0v) is 20.7. The van der Waals surface area contributed by atoms with Crippen LogP contribution in [-0.4, -0.2) is 49.8 Å². The van der Waals surface area contributed by atoms with Gasteiger partial charge in [0.25, 0.3) is 0 Å². The van der Waals surface area contributed by atoms with Crippen molar-refractivity contribution in [1.29, 1.82) is 0 Å². The number of nitrogens with zero attached hydrogens (tertiary/aromatic N) is 3. The summed E-state index contributed by atoms with van der Waals surface area (Å²) in [6, 6.07) is 15.8. The molecule has 0 radical (unpaired) electrons. The number of ether oxygens (including phenoxy) is 1. The van der Waals surface area contributed by atoms with Crippen LogP contribution in [0.2, 0.25) is 0 Å². The van der Waals surface area contributed by atoms with Crippen LogP contribution in [0.4, 0.5) is 10.5 Å². The SMILES string of the molecule is COc1ccc(N(C)C(=O)C(Cc2ccccc2)NC(=O)NS(=O)(=O)N2Cc3ccncc3C2)cc1. The summed E-state index contributed by atoms with van der Waals surface area (Å²) in [7, 11) is -1.01. The lowest BCUT2D eigenvalue weighted by Gasteiger charge is -2.25. The van der Waals surface area contributed by atoms with Crippen LogP contribution in [0.25, 0.3) is 0 Å². The molecule has 0 fully saturated rings. The molecule has 36 heavy (non-hydrogen) atoms. The number of nitrogens with one attached hydrogen (secondary N) is 2. The quantitative estimate of drug-likeness (QED) is 0.480. The van der Waals surface area contributed by atoms with E-state index in [2.05, 4.69) is 10.3 Å². The second kappa shape index (κ2) is 10.8. The van der Waals surface area contributed by atoms with Crippen molar-refractivity contribution in [3.63, 3.8) is 0 Å². The monoisotopic (exact) mass is 509 g/mol. The minimum Gasteiger partial charge on any atom is -0.497 e. The van der Waals surface area contributed by atoms with Gasteiger partial charge in [0.1, 0.15) is 11.8 Å². The molecule has 1 unspecified atom stereocenters. The number of aromatic nitrogens is 1. The molecular formula is C25H27N5O5S. The maximum atomic E-state index is 13.4. The Labute approximate surface area is 210 Å². The fraction of sp³-hybridized carbons (Fsp3) is 0.240. The van der Waals surface area contributed by atoms with Crippen molar-refractivity contribution in [2.24, 2.45) is 0 Å². The van der Waals surface area contributed by atoms with E-state index in [9.17, 15) is 18.0 Å². The Bertz CT molecular complexity index is 1310. The van der Waals surface area contributed by atoms with Gasteiger partial charge in [-0.25, -0.2) is 9.52 Å². The summed E-state index contributed by atoms with van der Waals surface area (Å²) in [5, 5.41) is 2.56. The molecule has 0 aliphatic carbocycles. The molecule has 1 atom stereocenters. The Morgan fingerprint density at radius 1 is 1.06 bits per heavy atom. The van der Waals surface area contributed by atoms with Crippen LogP contribution in [0, 0.1) is 0 Å². The maximum Gasteiger partial charge on any atom is 0.330 e. The van der Waals surface area contributed by atoms with Gasteiger partial charge in [0, 0.05) is 44.6 Å². The van der Waals surface area contributed by atoms with Gasteiger partial charge in [0.2, 0.25) is 5.91 Å². The van der Waals surface area contributed by atoms with Crippen molar-refractivity contribution < 1.29 is 22.7 Å². The molecule has 2 N–H and O–H groups in total. The second-order valence-corrected chi connectivity index (χ2v) is 10.0. The number of rotatable bonds is 8. The maximum absolute atomic E-state index is 13.4. The molecule has 4 rings (SSSR count). The van der Waals surface area contributed by atoms with Gasteiger partial charge in [0.05, 0.1) is 7.11 Å². The number of amides is 3. The van der Waals surface area contributed by atoms with E-state index in [0.29, 0.717) is 11.4 Å². The highest BCUT2D eigenvalue weighted by molar-refractivity contribution is 7.87. The Kier molecular flexibility index (Phi) is 7.51. The summed E-state index contributed by atoms with van der Waals surface area (Å²) in [4.78, 5) is 31.6. The summed E-state index contributed by atoms with van der Waals surface area (Å²) < 4.78 is 34.1. The van der Waals surface area contributed by atoms with Crippen LogP contribution in [0.1, 0.15) is 16.7 Å². The third-order valence-electron chi connectivity index (χ3n) is 5.94. The fourth-order valence-electron chi connectivity index (χ4n) is 3.94. The predicted octanol–water partition coefficient (Wildman–Crippen LogP) is 2.22. The molecule has 2 aromatic carbocycles. The number of methoxy groups -OCH3 is 1. The summed E-state index contributed by atoms with van der Waals surface area (Å²) in [6.07, 6.45) is 3.37. The first-order chi connectivity index (χ1) is 17.3. The van der Waals surface area contributed by atoms with Crippen molar-refractivity contribution in [1.82, 2.24) is 19.3 Å². The number of fused-ring (bicyclic) bond motifs is 1. The van der Waals surface area contributed by atoms with E-state index in [0.717, 1.165) is 21.0 Å². The van der Waals surface area contributed by atoms with Crippen molar-refractivity contribution in [2.75, 3.05) is 19.1 Å². The molecule has 3 amide bonds. The highest BCUT2D eigenvalue weighted by Gasteiger charge is 2.32. The zero-order valence-electron chi connectivity index (χ0n) is 19.9. The first kappa shape index (κ1) is 25.1. The van der Waals surface area contributed by atoms with E-state index in [4.69, 9.17) is 4.74 Å². The van der Waals surface area contributed by atoms with Gasteiger partial charge in [-0.05, 0) is 47.0 Å². The minimum atomic E-state index is -4.15. The minimum absolute atomic E-state index is 0.109. The Morgan fingerprint density at radius 3 is 2.42 bits per heavy atom. The lowest BCUT2D eigenvalue weighted by Crippen LogP contribution is -2.54. The van der Waals surface area contributed by atoms with Gasteiger partial charge in [-0.1, -0.05) is 30.3 Å². The zero-order chi connectivity index (χ0) is 25.7. The second-order valence-electron chi connectivity index (χ2n) is 8.33. The Balaban J connectivity index is 1.48. The van der Waals surface area contributed by atoms with E-state index in [-0.39, 0.29) is 19.5 Å². The number of anilines is 1. The number of likely N-dealkylation sites (N-methyl/N-ethyl adjacent to an activating group) is 1. The largest absolute Gasteiger partial charge is 0.497 e. The van der Waals surface area contributed by atoms with Crippen LogP contribution in [-0.2, 0) is 34.5 Å². The normalized spacial score (nSPS) is 13.9. The number of hydrogen-bond acceptors (Lipinski definition) is 6. The third kappa shape index (κ3) is 5.81. The van der Waals surface area contributed by atoms with Crippen molar-refractivity contribution >= 4 is 27.8 Å².